The van der Waals surface area contributed by atoms with Gasteiger partial charge in [0.25, 0.3) is 0 Å². The van der Waals surface area contributed by atoms with E-state index in [9.17, 15) is 4.79 Å². The Morgan fingerprint density at radius 1 is 1.46 bits per heavy atom. The van der Waals surface area contributed by atoms with Crippen LogP contribution in [0.3, 0.4) is 0 Å². The maximum Gasteiger partial charge on any atom is 0.347 e. The van der Waals surface area contributed by atoms with Gasteiger partial charge in [-0.25, -0.2) is 9.78 Å². The van der Waals surface area contributed by atoms with E-state index in [0.29, 0.717) is 6.54 Å². The summed E-state index contributed by atoms with van der Waals surface area (Å²) in [5, 5.41) is 0. The third-order valence-corrected chi connectivity index (χ3v) is 1.69. The van der Waals surface area contributed by atoms with Gasteiger partial charge in [0.2, 0.25) is 0 Å². The molecule has 2 rings (SSSR count). The molecule has 66 valence electrons. The van der Waals surface area contributed by atoms with Gasteiger partial charge in [0.15, 0.2) is 0 Å². The molecule has 0 aliphatic rings. The Kier molecular flexibility index (Phi) is 1.96. The molecule has 4 heteroatoms. The first-order valence-electron chi connectivity index (χ1n) is 3.90. The minimum atomic E-state index is -0.265. The number of rotatable bonds is 2. The van der Waals surface area contributed by atoms with Gasteiger partial charge in [0.1, 0.15) is 5.76 Å². The number of hydrogen-bond donors (Lipinski definition) is 0. The number of nitrogens with zero attached hydrogens (tertiary/aromatic N) is 2. The zero-order valence-electron chi connectivity index (χ0n) is 6.88. The van der Waals surface area contributed by atoms with Crippen LogP contribution in [0.5, 0.6) is 0 Å². The summed E-state index contributed by atoms with van der Waals surface area (Å²) in [5.41, 5.74) is -0.265. The fourth-order valence-corrected chi connectivity index (χ4v) is 1.08. The van der Waals surface area contributed by atoms with Crippen molar-refractivity contribution in [1.82, 2.24) is 9.55 Å². The van der Waals surface area contributed by atoms with Crippen molar-refractivity contribution in [2.75, 3.05) is 0 Å². The van der Waals surface area contributed by atoms with Crippen LogP contribution >= 0.6 is 0 Å². The van der Waals surface area contributed by atoms with E-state index in [4.69, 9.17) is 4.42 Å². The van der Waals surface area contributed by atoms with Crippen LogP contribution in [-0.4, -0.2) is 9.55 Å². The van der Waals surface area contributed by atoms with Crippen LogP contribution in [0.15, 0.2) is 46.1 Å². The van der Waals surface area contributed by atoms with E-state index < -0.39 is 0 Å². The molecule has 0 bridgehead atoms. The molecule has 0 atom stereocenters. The lowest BCUT2D eigenvalue weighted by atomic mass is 10.4. The summed E-state index contributed by atoms with van der Waals surface area (Å²) in [6, 6.07) is 5.32. The second kappa shape index (κ2) is 3.26. The van der Waals surface area contributed by atoms with Crippen LogP contribution in [0.4, 0.5) is 0 Å². The highest BCUT2D eigenvalue weighted by molar-refractivity contribution is 4.99. The Morgan fingerprint density at radius 3 is 3.08 bits per heavy atom. The largest absolute Gasteiger partial charge is 0.467 e. The minimum absolute atomic E-state index is 0.265. The van der Waals surface area contributed by atoms with Crippen molar-refractivity contribution in [1.29, 1.82) is 0 Å². The Bertz CT molecular complexity index is 431. The predicted molar refractivity (Wildman–Crippen MR) is 46.3 cm³/mol. The number of furan rings is 1. The van der Waals surface area contributed by atoms with Crippen LogP contribution in [0.2, 0.25) is 0 Å². The second-order valence-corrected chi connectivity index (χ2v) is 2.61. The highest BCUT2D eigenvalue weighted by atomic mass is 16.3. The first-order chi connectivity index (χ1) is 6.36. The van der Waals surface area contributed by atoms with Crippen molar-refractivity contribution in [2.45, 2.75) is 6.54 Å². The zero-order valence-corrected chi connectivity index (χ0v) is 6.88. The Morgan fingerprint density at radius 2 is 2.38 bits per heavy atom. The fraction of sp³-hybridized carbons (Fsp3) is 0.111. The van der Waals surface area contributed by atoms with E-state index in [1.54, 1.807) is 24.6 Å². The zero-order chi connectivity index (χ0) is 9.10. The van der Waals surface area contributed by atoms with Crippen molar-refractivity contribution in [2.24, 2.45) is 0 Å². The first-order valence-corrected chi connectivity index (χ1v) is 3.90. The average Bonchev–Trinajstić information content (AvgIpc) is 2.61. The molecule has 0 radical (unpaired) electrons. The van der Waals surface area contributed by atoms with Gasteiger partial charge in [-0.2, -0.15) is 0 Å². The monoisotopic (exact) mass is 176 g/mol. The molecule has 0 aliphatic heterocycles. The van der Waals surface area contributed by atoms with Crippen molar-refractivity contribution in [3.05, 3.63) is 53.1 Å². The standard InChI is InChI=1S/C9H8N2O2/c12-9-10-4-2-5-11(9)7-8-3-1-6-13-8/h1-6H,7H2. The third-order valence-electron chi connectivity index (χ3n) is 1.69. The topological polar surface area (TPSA) is 48.0 Å². The van der Waals surface area contributed by atoms with Gasteiger partial charge in [0, 0.05) is 12.4 Å². The molecule has 0 spiro atoms. The summed E-state index contributed by atoms with van der Waals surface area (Å²) in [4.78, 5) is 14.8. The molecule has 2 aromatic rings. The maximum absolute atomic E-state index is 11.2. The molecule has 2 aromatic heterocycles. The van der Waals surface area contributed by atoms with Gasteiger partial charge in [-0.3, -0.25) is 4.57 Å². The van der Waals surface area contributed by atoms with Crippen LogP contribution in [0, 0.1) is 0 Å². The molecule has 13 heavy (non-hydrogen) atoms. The Balaban J connectivity index is 2.29. The molecule has 2 heterocycles. The molecule has 0 fully saturated rings. The summed E-state index contributed by atoms with van der Waals surface area (Å²) in [5.74, 6) is 0.745. The molecular weight excluding hydrogens is 168 g/mol. The normalized spacial score (nSPS) is 10.2. The summed E-state index contributed by atoms with van der Waals surface area (Å²) >= 11 is 0. The smallest absolute Gasteiger partial charge is 0.347 e. The van der Waals surface area contributed by atoms with Crippen molar-refractivity contribution < 1.29 is 4.42 Å². The van der Waals surface area contributed by atoms with Gasteiger partial charge in [-0.1, -0.05) is 0 Å². The van der Waals surface area contributed by atoms with Crippen LogP contribution in [0.1, 0.15) is 5.76 Å². The second-order valence-electron chi connectivity index (χ2n) is 2.61. The molecule has 0 saturated carbocycles. The molecule has 0 unspecified atom stereocenters. The van der Waals surface area contributed by atoms with Gasteiger partial charge in [0.05, 0.1) is 12.8 Å². The predicted octanol–water partition coefficient (Wildman–Crippen LogP) is 0.885. The Labute approximate surface area is 74.5 Å². The third kappa shape index (κ3) is 1.66. The molecule has 4 nitrogen and oxygen atoms in total. The van der Waals surface area contributed by atoms with E-state index in [2.05, 4.69) is 4.98 Å². The summed E-state index contributed by atoms with van der Waals surface area (Å²) in [6.45, 7) is 0.430. The molecule has 0 aromatic carbocycles. The first kappa shape index (κ1) is 7.79. The molecule has 0 saturated heterocycles. The van der Waals surface area contributed by atoms with Crippen LogP contribution < -0.4 is 5.69 Å². The average molecular weight is 176 g/mol. The van der Waals surface area contributed by atoms with Crippen molar-refractivity contribution in [3.8, 4) is 0 Å². The molecule has 0 amide bonds. The minimum Gasteiger partial charge on any atom is -0.467 e. The fourth-order valence-electron chi connectivity index (χ4n) is 1.08. The van der Waals surface area contributed by atoms with E-state index in [0.717, 1.165) is 5.76 Å². The molecule has 0 N–H and O–H groups in total. The van der Waals surface area contributed by atoms with Crippen LogP contribution in [-0.2, 0) is 6.54 Å². The van der Waals surface area contributed by atoms with E-state index in [1.807, 2.05) is 6.07 Å². The summed E-state index contributed by atoms with van der Waals surface area (Å²) in [6.07, 6.45) is 4.73. The van der Waals surface area contributed by atoms with Crippen molar-refractivity contribution in [3.63, 3.8) is 0 Å². The summed E-state index contributed by atoms with van der Waals surface area (Å²) < 4.78 is 6.59. The van der Waals surface area contributed by atoms with E-state index in [-0.39, 0.29) is 5.69 Å². The van der Waals surface area contributed by atoms with Gasteiger partial charge >= 0.3 is 5.69 Å². The SMILES string of the molecule is O=c1ncccn1Cc1ccco1. The van der Waals surface area contributed by atoms with Gasteiger partial charge < -0.3 is 4.42 Å². The van der Waals surface area contributed by atoms with Gasteiger partial charge in [-0.05, 0) is 18.2 Å². The van der Waals surface area contributed by atoms with E-state index >= 15 is 0 Å². The Hall–Kier alpha value is -1.84. The highest BCUT2D eigenvalue weighted by Gasteiger charge is 1.98. The summed E-state index contributed by atoms with van der Waals surface area (Å²) in [7, 11) is 0. The lowest BCUT2D eigenvalue weighted by Gasteiger charge is -1.99. The highest BCUT2D eigenvalue weighted by Crippen LogP contribution is 2.00. The quantitative estimate of drug-likeness (QED) is 0.682. The molecular formula is C9H8N2O2. The molecule has 0 aliphatic carbocycles. The van der Waals surface area contributed by atoms with E-state index in [1.165, 1.54) is 10.8 Å². The van der Waals surface area contributed by atoms with Crippen LogP contribution in [0.25, 0.3) is 0 Å². The lowest BCUT2D eigenvalue weighted by molar-refractivity contribution is 0.487. The van der Waals surface area contributed by atoms with Crippen molar-refractivity contribution >= 4 is 0 Å². The number of hydrogen-bond acceptors (Lipinski definition) is 3. The van der Waals surface area contributed by atoms with Gasteiger partial charge in [-0.15, -0.1) is 0 Å². The maximum atomic E-state index is 11.2. The lowest BCUT2D eigenvalue weighted by Crippen LogP contribution is -2.21. The number of aromatic nitrogens is 2.